The smallest absolute Gasteiger partial charge is 0.347 e. The van der Waals surface area contributed by atoms with Gasteiger partial charge in [0.05, 0.1) is 6.34 Å². The van der Waals surface area contributed by atoms with E-state index < -0.39 is 11.6 Å². The van der Waals surface area contributed by atoms with E-state index in [1.54, 1.807) is 48.5 Å². The van der Waals surface area contributed by atoms with Crippen LogP contribution >= 0.6 is 0 Å². The summed E-state index contributed by atoms with van der Waals surface area (Å²) in [5.41, 5.74) is -0.854. The average molecular weight is 338 g/mol. The second-order valence-corrected chi connectivity index (χ2v) is 6.21. The fourth-order valence-electron chi connectivity index (χ4n) is 3.12. The highest BCUT2D eigenvalue weighted by Gasteiger charge is 2.42. The normalized spacial score (nSPS) is 15.6. The van der Waals surface area contributed by atoms with Crippen LogP contribution in [0.2, 0.25) is 0 Å². The van der Waals surface area contributed by atoms with E-state index in [4.69, 9.17) is 10.1 Å². The van der Waals surface area contributed by atoms with Crippen LogP contribution in [-0.4, -0.2) is 41.5 Å². The molecule has 0 radical (unpaired) electrons. The van der Waals surface area contributed by atoms with Gasteiger partial charge in [0.2, 0.25) is 5.60 Å². The molecule has 0 aromatic heterocycles. The van der Waals surface area contributed by atoms with E-state index >= 15 is 0 Å². The molecule has 5 heteroatoms. The van der Waals surface area contributed by atoms with E-state index in [-0.39, 0.29) is 6.10 Å². The van der Waals surface area contributed by atoms with Crippen LogP contribution in [0.25, 0.3) is 0 Å². The van der Waals surface area contributed by atoms with Gasteiger partial charge < -0.3 is 14.7 Å². The fourth-order valence-corrected chi connectivity index (χ4v) is 3.12. The van der Waals surface area contributed by atoms with E-state index in [1.807, 2.05) is 17.0 Å². The topological polar surface area (TPSA) is 73.6 Å². The van der Waals surface area contributed by atoms with Crippen LogP contribution in [0, 0.1) is 5.41 Å². The lowest BCUT2D eigenvalue weighted by Crippen LogP contribution is -2.43. The van der Waals surface area contributed by atoms with Gasteiger partial charge in [0, 0.05) is 25.9 Å². The van der Waals surface area contributed by atoms with Crippen molar-refractivity contribution in [2.75, 3.05) is 13.1 Å². The van der Waals surface area contributed by atoms with Gasteiger partial charge in [0.1, 0.15) is 6.10 Å². The third-order valence-electron chi connectivity index (χ3n) is 4.61. The molecular formula is C20H22N2O3. The zero-order chi connectivity index (χ0) is 17.7. The second-order valence-electron chi connectivity index (χ2n) is 6.21. The van der Waals surface area contributed by atoms with Crippen molar-refractivity contribution in [1.82, 2.24) is 4.90 Å². The molecule has 0 unspecified atom stereocenters. The minimum atomic E-state index is -1.83. The maximum Gasteiger partial charge on any atom is 0.347 e. The molecule has 0 amide bonds. The number of nitrogens with one attached hydrogen (secondary N) is 1. The Bertz CT molecular complexity index is 671. The summed E-state index contributed by atoms with van der Waals surface area (Å²) in [4.78, 5) is 14.8. The number of benzene rings is 2. The third-order valence-corrected chi connectivity index (χ3v) is 4.61. The second kappa shape index (κ2) is 7.49. The van der Waals surface area contributed by atoms with Crippen LogP contribution in [-0.2, 0) is 15.1 Å². The van der Waals surface area contributed by atoms with Crippen LogP contribution in [0.3, 0.4) is 0 Å². The highest BCUT2D eigenvalue weighted by atomic mass is 16.6. The van der Waals surface area contributed by atoms with Crippen molar-refractivity contribution in [3.8, 4) is 0 Å². The predicted molar refractivity (Wildman–Crippen MR) is 95.4 cm³/mol. The Hall–Kier alpha value is -2.66. The first kappa shape index (κ1) is 17.2. The summed E-state index contributed by atoms with van der Waals surface area (Å²) in [5.74, 6) is -0.654. The number of esters is 1. The van der Waals surface area contributed by atoms with E-state index in [9.17, 15) is 9.90 Å². The molecule has 0 aliphatic carbocycles. The quantitative estimate of drug-likeness (QED) is 0.499. The van der Waals surface area contributed by atoms with Gasteiger partial charge >= 0.3 is 5.97 Å². The molecule has 3 rings (SSSR count). The maximum atomic E-state index is 13.0. The lowest BCUT2D eigenvalue weighted by atomic mass is 9.86. The highest BCUT2D eigenvalue weighted by molar-refractivity contribution is 5.85. The van der Waals surface area contributed by atoms with Crippen LogP contribution in [0.15, 0.2) is 60.7 Å². The summed E-state index contributed by atoms with van der Waals surface area (Å²) >= 11 is 0. The standard InChI is InChI=1S/C20H22N2O3/c21-15-22-13-11-18(12-14-22)25-19(23)20(24,16-7-3-1-4-8-16)17-9-5-2-6-10-17/h1-10,15,18,21,24H,11-14H2. The van der Waals surface area contributed by atoms with Gasteiger partial charge in [0.15, 0.2) is 0 Å². The summed E-state index contributed by atoms with van der Waals surface area (Å²) in [7, 11) is 0. The van der Waals surface area contributed by atoms with Crippen molar-refractivity contribution >= 4 is 12.3 Å². The van der Waals surface area contributed by atoms with Crippen molar-refractivity contribution in [1.29, 1.82) is 5.41 Å². The molecule has 0 spiro atoms. The molecule has 0 saturated carbocycles. The van der Waals surface area contributed by atoms with Crippen LogP contribution in [0.4, 0.5) is 0 Å². The number of aliphatic hydroxyl groups is 1. The van der Waals surface area contributed by atoms with Crippen LogP contribution in [0.5, 0.6) is 0 Å². The first-order valence-electron chi connectivity index (χ1n) is 8.43. The van der Waals surface area contributed by atoms with E-state index in [0.29, 0.717) is 37.1 Å². The Kier molecular flexibility index (Phi) is 5.14. The molecule has 0 atom stereocenters. The maximum absolute atomic E-state index is 13.0. The summed E-state index contributed by atoms with van der Waals surface area (Å²) < 4.78 is 5.67. The zero-order valence-corrected chi connectivity index (χ0v) is 14.0. The molecule has 25 heavy (non-hydrogen) atoms. The van der Waals surface area contributed by atoms with Crippen molar-refractivity contribution in [2.24, 2.45) is 0 Å². The number of carbonyl (C=O) groups is 1. The third kappa shape index (κ3) is 3.56. The van der Waals surface area contributed by atoms with Crippen molar-refractivity contribution in [3.63, 3.8) is 0 Å². The first-order valence-corrected chi connectivity index (χ1v) is 8.43. The number of piperidine rings is 1. The van der Waals surface area contributed by atoms with Crippen molar-refractivity contribution in [3.05, 3.63) is 71.8 Å². The van der Waals surface area contributed by atoms with Gasteiger partial charge in [-0.1, -0.05) is 60.7 Å². The molecule has 1 fully saturated rings. The van der Waals surface area contributed by atoms with Gasteiger partial charge in [-0.25, -0.2) is 4.79 Å². The predicted octanol–water partition coefficient (Wildman–Crippen LogP) is 2.54. The van der Waals surface area contributed by atoms with E-state index in [2.05, 4.69) is 0 Å². The number of hydrogen-bond acceptors (Lipinski definition) is 4. The number of rotatable bonds is 5. The SMILES string of the molecule is N=CN1CCC(OC(=O)C(O)(c2ccccc2)c2ccccc2)CC1. The monoisotopic (exact) mass is 338 g/mol. The lowest BCUT2D eigenvalue weighted by Gasteiger charge is -2.33. The van der Waals surface area contributed by atoms with Crippen molar-refractivity contribution < 1.29 is 14.6 Å². The Morgan fingerprint density at radius 2 is 1.52 bits per heavy atom. The molecule has 2 N–H and O–H groups in total. The molecular weight excluding hydrogens is 316 g/mol. The van der Waals surface area contributed by atoms with E-state index in [1.165, 1.54) is 6.34 Å². The van der Waals surface area contributed by atoms with Gasteiger partial charge in [-0.15, -0.1) is 0 Å². The molecule has 1 heterocycles. The number of carbonyl (C=O) groups excluding carboxylic acids is 1. The molecule has 1 aliphatic rings. The fraction of sp³-hybridized carbons (Fsp3) is 0.300. The zero-order valence-electron chi connectivity index (χ0n) is 14.0. The Balaban J connectivity index is 1.85. The minimum Gasteiger partial charge on any atom is -0.460 e. The molecule has 5 nitrogen and oxygen atoms in total. The molecule has 2 aromatic carbocycles. The van der Waals surface area contributed by atoms with Crippen molar-refractivity contribution in [2.45, 2.75) is 24.5 Å². The summed E-state index contributed by atoms with van der Waals surface area (Å²) in [6.45, 7) is 1.35. The number of likely N-dealkylation sites (tertiary alicyclic amines) is 1. The van der Waals surface area contributed by atoms with E-state index in [0.717, 1.165) is 0 Å². The van der Waals surface area contributed by atoms with Gasteiger partial charge in [-0.05, 0) is 11.1 Å². The first-order chi connectivity index (χ1) is 12.1. The number of nitrogens with zero attached hydrogens (tertiary/aromatic N) is 1. The van der Waals surface area contributed by atoms with Crippen LogP contribution < -0.4 is 0 Å². The minimum absolute atomic E-state index is 0.248. The molecule has 0 bridgehead atoms. The summed E-state index contributed by atoms with van der Waals surface area (Å²) in [5, 5.41) is 18.6. The summed E-state index contributed by atoms with van der Waals surface area (Å²) in [6.07, 6.45) is 2.37. The van der Waals surface area contributed by atoms with Gasteiger partial charge in [-0.2, -0.15) is 0 Å². The number of ether oxygens (including phenoxy) is 1. The Morgan fingerprint density at radius 1 is 1.04 bits per heavy atom. The molecule has 1 aliphatic heterocycles. The van der Waals surface area contributed by atoms with Gasteiger partial charge in [-0.3, -0.25) is 5.41 Å². The highest BCUT2D eigenvalue weighted by Crippen LogP contribution is 2.32. The Labute approximate surface area is 147 Å². The molecule has 2 aromatic rings. The molecule has 130 valence electrons. The number of hydrogen-bond donors (Lipinski definition) is 2. The molecule has 1 saturated heterocycles. The largest absolute Gasteiger partial charge is 0.460 e. The lowest BCUT2D eigenvalue weighted by molar-refractivity contribution is -0.169. The average Bonchev–Trinajstić information content (AvgIpc) is 2.69. The van der Waals surface area contributed by atoms with Gasteiger partial charge in [0.25, 0.3) is 0 Å². The van der Waals surface area contributed by atoms with Crippen LogP contribution in [0.1, 0.15) is 24.0 Å². The Morgan fingerprint density at radius 3 is 1.96 bits per heavy atom. The summed E-state index contributed by atoms with van der Waals surface area (Å²) in [6, 6.07) is 17.8.